The molecular weight excluding hydrogens is 635 g/mol. The summed E-state index contributed by atoms with van der Waals surface area (Å²) in [4.78, 5) is 10.6. The Hall–Kier alpha value is -6.78. The first kappa shape index (κ1) is 29.0. The van der Waals surface area contributed by atoms with Gasteiger partial charge in [0.15, 0.2) is 5.82 Å². The molecule has 4 nitrogen and oxygen atoms in total. The van der Waals surface area contributed by atoms with Gasteiger partial charge in [-0.3, -0.25) is 0 Å². The third-order valence-corrected chi connectivity index (χ3v) is 10.7. The van der Waals surface area contributed by atoms with Gasteiger partial charge in [0.1, 0.15) is 11.3 Å². The number of para-hydroxylation sites is 2. The third-order valence-electron chi connectivity index (χ3n) is 10.7. The fourth-order valence-corrected chi connectivity index (χ4v) is 8.25. The monoisotopic (exact) mass is 665 g/mol. The van der Waals surface area contributed by atoms with E-state index in [1.165, 1.54) is 38.1 Å². The van der Waals surface area contributed by atoms with Gasteiger partial charge in [-0.1, -0.05) is 115 Å². The number of aromatic nitrogens is 3. The fourth-order valence-electron chi connectivity index (χ4n) is 8.25. The molecule has 0 bridgehead atoms. The Kier molecular flexibility index (Phi) is 6.34. The Bertz CT molecular complexity index is 3070. The summed E-state index contributed by atoms with van der Waals surface area (Å²) in [6.45, 7) is 0. The van der Waals surface area contributed by atoms with Crippen LogP contribution < -0.4 is 0 Å². The van der Waals surface area contributed by atoms with Gasteiger partial charge in [-0.15, -0.1) is 0 Å². The number of hydrogen-bond acceptors (Lipinski definition) is 3. The molecule has 1 aliphatic carbocycles. The predicted molar refractivity (Wildman–Crippen MR) is 215 cm³/mol. The third kappa shape index (κ3) is 4.41. The number of allylic oxidation sites excluding steroid dienone is 1. The van der Waals surface area contributed by atoms with Crippen LogP contribution in [0.1, 0.15) is 17.7 Å². The van der Waals surface area contributed by atoms with Gasteiger partial charge in [0.2, 0.25) is 0 Å². The van der Waals surface area contributed by atoms with Crippen molar-refractivity contribution in [3.8, 4) is 39.6 Å². The molecule has 0 spiro atoms. The molecule has 3 heterocycles. The van der Waals surface area contributed by atoms with Crippen LogP contribution in [0.15, 0.2) is 162 Å². The highest BCUT2D eigenvalue weighted by Gasteiger charge is 2.21. The highest BCUT2D eigenvalue weighted by Crippen LogP contribution is 2.41. The lowest BCUT2D eigenvalue weighted by Gasteiger charge is -2.15. The number of fused-ring (bicyclic) bond motifs is 8. The minimum atomic E-state index is 0.681. The number of nitrogens with zero attached hydrogens (tertiary/aromatic N) is 3. The topological polar surface area (TPSA) is 43.9 Å². The second-order valence-corrected chi connectivity index (χ2v) is 13.6. The van der Waals surface area contributed by atoms with E-state index in [0.29, 0.717) is 5.82 Å². The van der Waals surface area contributed by atoms with E-state index in [2.05, 4.69) is 162 Å². The zero-order chi connectivity index (χ0) is 34.2. The summed E-state index contributed by atoms with van der Waals surface area (Å²) < 4.78 is 8.96. The van der Waals surface area contributed by atoms with Crippen molar-refractivity contribution in [3.63, 3.8) is 0 Å². The first-order valence-corrected chi connectivity index (χ1v) is 17.9. The molecule has 0 saturated heterocycles. The summed E-state index contributed by atoms with van der Waals surface area (Å²) in [5.41, 5.74) is 10.4. The summed E-state index contributed by atoms with van der Waals surface area (Å²) in [5.74, 6) is 1.63. The Balaban J connectivity index is 1.16. The van der Waals surface area contributed by atoms with Gasteiger partial charge in [0.05, 0.1) is 28.1 Å². The summed E-state index contributed by atoms with van der Waals surface area (Å²) in [6.07, 6.45) is 6.30. The zero-order valence-electron chi connectivity index (χ0n) is 28.3. The number of aryl methyl sites for hydroxylation is 1. The van der Waals surface area contributed by atoms with Crippen LogP contribution in [0.25, 0.3) is 100.0 Å². The summed E-state index contributed by atoms with van der Waals surface area (Å²) in [5, 5.41) is 8.35. The molecule has 1 aliphatic rings. The average molecular weight is 666 g/mol. The van der Waals surface area contributed by atoms with Gasteiger partial charge in [-0.05, 0) is 77.5 Å². The molecule has 0 radical (unpaired) electrons. The number of rotatable bonds is 4. The van der Waals surface area contributed by atoms with Gasteiger partial charge >= 0.3 is 0 Å². The molecule has 0 unspecified atom stereocenters. The lowest BCUT2D eigenvalue weighted by atomic mass is 9.98. The second kappa shape index (κ2) is 11.4. The van der Waals surface area contributed by atoms with Crippen molar-refractivity contribution in [1.29, 1.82) is 0 Å². The van der Waals surface area contributed by atoms with Gasteiger partial charge in [0.25, 0.3) is 0 Å². The normalized spacial score (nSPS) is 12.8. The molecule has 0 aliphatic heterocycles. The Morgan fingerprint density at radius 3 is 2.13 bits per heavy atom. The molecule has 0 amide bonds. The highest BCUT2D eigenvalue weighted by atomic mass is 16.3. The minimum absolute atomic E-state index is 0.681. The molecule has 0 fully saturated rings. The summed E-state index contributed by atoms with van der Waals surface area (Å²) in [6, 6.07) is 54.0. The highest BCUT2D eigenvalue weighted by molar-refractivity contribution is 6.15. The maximum Gasteiger partial charge on any atom is 0.161 e. The first-order chi connectivity index (χ1) is 25.8. The van der Waals surface area contributed by atoms with Crippen LogP contribution in [-0.4, -0.2) is 14.5 Å². The molecule has 0 atom stereocenters. The van der Waals surface area contributed by atoms with E-state index >= 15 is 0 Å². The number of hydrogen-bond donors (Lipinski definition) is 0. The first-order valence-electron chi connectivity index (χ1n) is 17.9. The van der Waals surface area contributed by atoms with Gasteiger partial charge < -0.3 is 8.98 Å². The standard InChI is InChI=1S/C48H31N3O/c1-2-13-30(14-3-1)41-29-42(39-22-12-21-37-36-20-9-11-24-46(36)52-47(37)39)50-48(49-41)38-25-26-44(34-18-7-6-17-33(34)38)51-43-23-10-8-19-35(43)40-27-31-15-4-5-16-32(31)28-45(40)51/h1-8,10-19,21-29H,9,20H2. The molecular formula is C48H31N3O. The van der Waals surface area contributed by atoms with Crippen molar-refractivity contribution >= 4 is 60.4 Å². The summed E-state index contributed by atoms with van der Waals surface area (Å²) >= 11 is 0. The Morgan fingerprint density at radius 1 is 0.519 bits per heavy atom. The van der Waals surface area contributed by atoms with Crippen LogP contribution >= 0.6 is 0 Å². The maximum absolute atomic E-state index is 6.54. The molecule has 10 aromatic rings. The quantitative estimate of drug-likeness (QED) is 0.188. The number of furan rings is 1. The lowest BCUT2D eigenvalue weighted by molar-refractivity contribution is 0.596. The molecule has 0 N–H and O–H groups in total. The van der Waals surface area contributed by atoms with Crippen LogP contribution in [-0.2, 0) is 6.42 Å². The maximum atomic E-state index is 6.54. The largest absolute Gasteiger partial charge is 0.456 e. The van der Waals surface area contributed by atoms with E-state index in [4.69, 9.17) is 14.4 Å². The average Bonchev–Trinajstić information content (AvgIpc) is 3.75. The van der Waals surface area contributed by atoms with Crippen LogP contribution in [0.5, 0.6) is 0 Å². The van der Waals surface area contributed by atoms with Crippen LogP contribution in [0.2, 0.25) is 0 Å². The van der Waals surface area contributed by atoms with Crippen molar-refractivity contribution in [2.75, 3.05) is 0 Å². The van der Waals surface area contributed by atoms with Gasteiger partial charge in [-0.2, -0.15) is 0 Å². The fraction of sp³-hybridized carbons (Fsp3) is 0.0417. The van der Waals surface area contributed by atoms with Crippen LogP contribution in [0.3, 0.4) is 0 Å². The Labute approximate surface area is 299 Å². The molecule has 0 saturated carbocycles. The summed E-state index contributed by atoms with van der Waals surface area (Å²) in [7, 11) is 0. The van der Waals surface area contributed by atoms with Crippen LogP contribution in [0.4, 0.5) is 0 Å². The van der Waals surface area contributed by atoms with E-state index in [0.717, 1.165) is 74.1 Å². The molecule has 11 rings (SSSR count). The SMILES string of the molecule is C1=Cc2oc3c(-c4cc(-c5ccccc5)nc(-c5ccc(-n6c7ccccc7c7cc8ccccc8cc76)c6ccccc56)n4)cccc3c2CC1. The predicted octanol–water partition coefficient (Wildman–Crippen LogP) is 12.6. The van der Waals surface area contributed by atoms with Crippen molar-refractivity contribution < 1.29 is 4.42 Å². The van der Waals surface area contributed by atoms with Crippen molar-refractivity contribution in [2.45, 2.75) is 12.8 Å². The van der Waals surface area contributed by atoms with Gasteiger partial charge in [0, 0.05) is 43.8 Å². The van der Waals surface area contributed by atoms with E-state index in [1.807, 2.05) is 6.07 Å². The van der Waals surface area contributed by atoms with E-state index < -0.39 is 0 Å². The van der Waals surface area contributed by atoms with Gasteiger partial charge in [-0.25, -0.2) is 9.97 Å². The minimum Gasteiger partial charge on any atom is -0.456 e. The van der Waals surface area contributed by atoms with E-state index in [-0.39, 0.29) is 0 Å². The van der Waals surface area contributed by atoms with Crippen LogP contribution in [0, 0.1) is 0 Å². The second-order valence-electron chi connectivity index (χ2n) is 13.6. The molecule has 52 heavy (non-hydrogen) atoms. The van der Waals surface area contributed by atoms with E-state index in [1.54, 1.807) is 0 Å². The van der Waals surface area contributed by atoms with E-state index in [9.17, 15) is 0 Å². The van der Waals surface area contributed by atoms with Crippen molar-refractivity contribution in [1.82, 2.24) is 14.5 Å². The number of benzene rings is 7. The lowest BCUT2D eigenvalue weighted by Crippen LogP contribution is -1.99. The Morgan fingerprint density at radius 2 is 1.25 bits per heavy atom. The smallest absolute Gasteiger partial charge is 0.161 e. The molecule has 3 aromatic heterocycles. The molecule has 4 heteroatoms. The van der Waals surface area contributed by atoms with Crippen molar-refractivity contribution in [3.05, 3.63) is 169 Å². The zero-order valence-corrected chi connectivity index (χ0v) is 28.3. The molecule has 7 aromatic carbocycles. The molecule has 244 valence electrons. The van der Waals surface area contributed by atoms with Crippen molar-refractivity contribution in [2.24, 2.45) is 0 Å².